The SMILES string of the molecule is CCOC(=O)C(CC)OCc1ccc(Cl)cc1. The number of esters is 1. The zero-order valence-electron chi connectivity index (χ0n) is 10.1. The Hall–Kier alpha value is -1.06. The van der Waals surface area contributed by atoms with Crippen LogP contribution in [0.15, 0.2) is 24.3 Å². The molecule has 1 aromatic carbocycles. The second kappa shape index (κ2) is 7.30. The van der Waals surface area contributed by atoms with E-state index in [0.29, 0.717) is 24.7 Å². The highest BCUT2D eigenvalue weighted by Crippen LogP contribution is 2.12. The van der Waals surface area contributed by atoms with E-state index in [-0.39, 0.29) is 5.97 Å². The Bertz CT molecular complexity index is 348. The molecule has 1 rings (SSSR count). The third kappa shape index (κ3) is 4.75. The van der Waals surface area contributed by atoms with Gasteiger partial charge in [-0.3, -0.25) is 0 Å². The number of ether oxygens (including phenoxy) is 2. The summed E-state index contributed by atoms with van der Waals surface area (Å²) < 4.78 is 10.4. The van der Waals surface area contributed by atoms with Crippen molar-refractivity contribution in [2.75, 3.05) is 6.61 Å². The van der Waals surface area contributed by atoms with Gasteiger partial charge in [0.15, 0.2) is 6.10 Å². The molecule has 1 aromatic rings. The molecule has 94 valence electrons. The molecule has 0 fully saturated rings. The smallest absolute Gasteiger partial charge is 0.335 e. The third-order valence-corrected chi connectivity index (χ3v) is 2.54. The lowest BCUT2D eigenvalue weighted by atomic mass is 10.2. The van der Waals surface area contributed by atoms with Crippen LogP contribution >= 0.6 is 11.6 Å². The van der Waals surface area contributed by atoms with Crippen LogP contribution in [0.3, 0.4) is 0 Å². The first kappa shape index (κ1) is 14.0. The van der Waals surface area contributed by atoms with Crippen LogP contribution in [0.1, 0.15) is 25.8 Å². The van der Waals surface area contributed by atoms with Crippen molar-refractivity contribution in [1.29, 1.82) is 0 Å². The van der Waals surface area contributed by atoms with Gasteiger partial charge >= 0.3 is 5.97 Å². The van der Waals surface area contributed by atoms with E-state index >= 15 is 0 Å². The molecular weight excluding hydrogens is 240 g/mol. The average molecular weight is 257 g/mol. The van der Waals surface area contributed by atoms with Gasteiger partial charge in [-0.25, -0.2) is 4.79 Å². The number of rotatable bonds is 6. The summed E-state index contributed by atoms with van der Waals surface area (Å²) in [6, 6.07) is 7.34. The molecule has 0 bridgehead atoms. The highest BCUT2D eigenvalue weighted by molar-refractivity contribution is 6.30. The summed E-state index contributed by atoms with van der Waals surface area (Å²) in [7, 11) is 0. The van der Waals surface area contributed by atoms with E-state index in [1.807, 2.05) is 19.1 Å². The van der Waals surface area contributed by atoms with Gasteiger partial charge in [0, 0.05) is 5.02 Å². The minimum Gasteiger partial charge on any atom is -0.464 e. The van der Waals surface area contributed by atoms with Crippen molar-refractivity contribution in [3.8, 4) is 0 Å². The molecular formula is C13H17ClO3. The van der Waals surface area contributed by atoms with Gasteiger partial charge in [-0.15, -0.1) is 0 Å². The van der Waals surface area contributed by atoms with Crippen LogP contribution in [-0.4, -0.2) is 18.7 Å². The van der Waals surface area contributed by atoms with Gasteiger partial charge in [0.1, 0.15) is 0 Å². The normalized spacial score (nSPS) is 12.2. The summed E-state index contributed by atoms with van der Waals surface area (Å²) in [4.78, 5) is 11.5. The lowest BCUT2D eigenvalue weighted by Gasteiger charge is -2.14. The molecule has 0 aliphatic heterocycles. The molecule has 0 saturated heterocycles. The summed E-state index contributed by atoms with van der Waals surface area (Å²) in [5.41, 5.74) is 0.983. The fourth-order valence-corrected chi connectivity index (χ4v) is 1.49. The van der Waals surface area contributed by atoms with E-state index in [1.165, 1.54) is 0 Å². The molecule has 0 N–H and O–H groups in total. The van der Waals surface area contributed by atoms with E-state index in [9.17, 15) is 4.79 Å². The number of carbonyl (C=O) groups excluding carboxylic acids is 1. The van der Waals surface area contributed by atoms with E-state index in [0.717, 1.165) is 5.56 Å². The van der Waals surface area contributed by atoms with Crippen LogP contribution in [-0.2, 0) is 20.9 Å². The maximum Gasteiger partial charge on any atom is 0.335 e. The number of halogens is 1. The van der Waals surface area contributed by atoms with Crippen LogP contribution in [0, 0.1) is 0 Å². The molecule has 0 aliphatic carbocycles. The van der Waals surface area contributed by atoms with Gasteiger partial charge < -0.3 is 9.47 Å². The van der Waals surface area contributed by atoms with Gasteiger partial charge in [-0.2, -0.15) is 0 Å². The lowest BCUT2D eigenvalue weighted by molar-refractivity contribution is -0.157. The standard InChI is InChI=1S/C13H17ClO3/c1-3-12(13(15)16-4-2)17-9-10-5-7-11(14)8-6-10/h5-8,12H,3-4,9H2,1-2H3. The van der Waals surface area contributed by atoms with Gasteiger partial charge in [-0.1, -0.05) is 30.7 Å². The minimum absolute atomic E-state index is 0.302. The summed E-state index contributed by atoms with van der Waals surface area (Å²) in [6.07, 6.45) is 0.109. The third-order valence-electron chi connectivity index (χ3n) is 2.28. The molecule has 0 amide bonds. The van der Waals surface area contributed by atoms with E-state index < -0.39 is 6.10 Å². The molecule has 0 saturated carbocycles. The fourth-order valence-electron chi connectivity index (χ4n) is 1.37. The Morgan fingerprint density at radius 2 is 1.94 bits per heavy atom. The molecule has 0 aromatic heterocycles. The summed E-state index contributed by atoms with van der Waals surface area (Å²) in [6.45, 7) is 4.43. The van der Waals surface area contributed by atoms with Crippen molar-refractivity contribution < 1.29 is 14.3 Å². The van der Waals surface area contributed by atoms with Crippen LogP contribution < -0.4 is 0 Å². The Morgan fingerprint density at radius 1 is 1.29 bits per heavy atom. The number of hydrogen-bond donors (Lipinski definition) is 0. The first-order valence-corrected chi connectivity index (χ1v) is 6.07. The molecule has 1 unspecified atom stereocenters. The van der Waals surface area contributed by atoms with Crippen molar-refractivity contribution in [2.45, 2.75) is 33.0 Å². The van der Waals surface area contributed by atoms with Crippen LogP contribution in [0.5, 0.6) is 0 Å². The zero-order chi connectivity index (χ0) is 12.7. The van der Waals surface area contributed by atoms with Crippen molar-refractivity contribution in [2.24, 2.45) is 0 Å². The quantitative estimate of drug-likeness (QED) is 0.734. The van der Waals surface area contributed by atoms with Crippen molar-refractivity contribution in [3.05, 3.63) is 34.9 Å². The highest BCUT2D eigenvalue weighted by atomic mass is 35.5. The predicted octanol–water partition coefficient (Wildman–Crippen LogP) is 3.20. The predicted molar refractivity (Wildman–Crippen MR) is 67.0 cm³/mol. The maximum absolute atomic E-state index is 11.5. The molecule has 0 aliphatic rings. The number of carbonyl (C=O) groups is 1. The minimum atomic E-state index is -0.495. The van der Waals surface area contributed by atoms with E-state index in [1.54, 1.807) is 19.1 Å². The number of hydrogen-bond acceptors (Lipinski definition) is 3. The molecule has 0 spiro atoms. The Balaban J connectivity index is 2.47. The molecule has 1 atom stereocenters. The average Bonchev–Trinajstić information content (AvgIpc) is 2.32. The summed E-state index contributed by atoms with van der Waals surface area (Å²) in [5, 5.41) is 0.686. The second-order valence-electron chi connectivity index (χ2n) is 3.59. The van der Waals surface area contributed by atoms with Gasteiger partial charge in [-0.05, 0) is 31.0 Å². The summed E-state index contributed by atoms with van der Waals surface area (Å²) in [5.74, 6) is -0.302. The summed E-state index contributed by atoms with van der Waals surface area (Å²) >= 11 is 5.78. The fraction of sp³-hybridized carbons (Fsp3) is 0.462. The van der Waals surface area contributed by atoms with Gasteiger partial charge in [0.2, 0.25) is 0 Å². The van der Waals surface area contributed by atoms with Gasteiger partial charge in [0.05, 0.1) is 13.2 Å². The Labute approximate surface area is 107 Å². The van der Waals surface area contributed by atoms with Crippen LogP contribution in [0.25, 0.3) is 0 Å². The van der Waals surface area contributed by atoms with Crippen LogP contribution in [0.4, 0.5) is 0 Å². The second-order valence-corrected chi connectivity index (χ2v) is 4.02. The zero-order valence-corrected chi connectivity index (χ0v) is 10.9. The lowest BCUT2D eigenvalue weighted by Crippen LogP contribution is -2.25. The topological polar surface area (TPSA) is 35.5 Å². The molecule has 4 heteroatoms. The largest absolute Gasteiger partial charge is 0.464 e. The van der Waals surface area contributed by atoms with Crippen molar-refractivity contribution >= 4 is 17.6 Å². The van der Waals surface area contributed by atoms with Crippen molar-refractivity contribution in [1.82, 2.24) is 0 Å². The number of benzene rings is 1. The van der Waals surface area contributed by atoms with E-state index in [2.05, 4.69) is 0 Å². The van der Waals surface area contributed by atoms with Crippen LogP contribution in [0.2, 0.25) is 5.02 Å². The van der Waals surface area contributed by atoms with Crippen molar-refractivity contribution in [3.63, 3.8) is 0 Å². The Kier molecular flexibility index (Phi) is 6.01. The maximum atomic E-state index is 11.5. The molecule has 0 radical (unpaired) electrons. The van der Waals surface area contributed by atoms with Gasteiger partial charge in [0.25, 0.3) is 0 Å². The highest BCUT2D eigenvalue weighted by Gasteiger charge is 2.17. The first-order valence-electron chi connectivity index (χ1n) is 5.70. The first-order chi connectivity index (χ1) is 8.17. The van der Waals surface area contributed by atoms with E-state index in [4.69, 9.17) is 21.1 Å². The monoisotopic (exact) mass is 256 g/mol. The molecule has 17 heavy (non-hydrogen) atoms. The molecule has 0 heterocycles. The molecule has 3 nitrogen and oxygen atoms in total. The Morgan fingerprint density at radius 3 is 2.47 bits per heavy atom.